The molecule has 0 heterocycles. The summed E-state index contributed by atoms with van der Waals surface area (Å²) in [6.07, 6.45) is 22.3. The molecule has 0 unspecified atom stereocenters. The van der Waals surface area contributed by atoms with E-state index in [9.17, 15) is 0 Å². The van der Waals surface area contributed by atoms with E-state index in [2.05, 4.69) is 99.9 Å². The third kappa shape index (κ3) is 6.40. The van der Waals surface area contributed by atoms with Gasteiger partial charge in [-0.2, -0.15) is 0 Å². The van der Waals surface area contributed by atoms with Gasteiger partial charge in [-0.3, -0.25) is 0 Å². The number of hydrogen-bond donors (Lipinski definition) is 0. The highest BCUT2D eigenvalue weighted by molar-refractivity contribution is 5.54. The Morgan fingerprint density at radius 1 is 0.370 bits per heavy atom. The van der Waals surface area contributed by atoms with Crippen molar-refractivity contribution in [3.8, 4) is 72.4 Å². The van der Waals surface area contributed by atoms with Gasteiger partial charge in [-0.1, -0.05) is 99.9 Å². The van der Waals surface area contributed by atoms with Crippen LogP contribution in [0.5, 0.6) is 23.0 Å². The largest absolute Gasteiger partial charge is 0.457 e. The first-order valence-electron chi connectivity index (χ1n) is 14.9. The fourth-order valence-electron chi connectivity index (χ4n) is 5.45. The van der Waals surface area contributed by atoms with Crippen LogP contribution in [0.4, 0.5) is 0 Å². The molecule has 0 radical (unpaired) electrons. The van der Waals surface area contributed by atoms with Crippen LogP contribution in [0.3, 0.4) is 0 Å². The van der Waals surface area contributed by atoms with Gasteiger partial charge in [-0.25, -0.2) is 0 Å². The molecule has 0 fully saturated rings. The van der Waals surface area contributed by atoms with Crippen molar-refractivity contribution in [2.45, 2.75) is 38.5 Å². The van der Waals surface area contributed by atoms with E-state index in [4.69, 9.17) is 35.2 Å². The highest BCUT2D eigenvalue weighted by atomic mass is 16.5. The zero-order valence-corrected chi connectivity index (χ0v) is 26.5. The molecule has 0 aliphatic rings. The molecule has 0 aliphatic heterocycles. The summed E-state index contributed by atoms with van der Waals surface area (Å²) in [6.45, 7) is 8.91. The van der Waals surface area contributed by atoms with Crippen molar-refractivity contribution < 1.29 is 9.47 Å². The minimum atomic E-state index is -0.219. The average molecular weight is 595 g/mol. The average Bonchev–Trinajstić information content (AvgIpc) is 3.08. The highest BCUT2D eigenvalue weighted by Gasteiger charge is 2.26. The second-order valence-corrected chi connectivity index (χ2v) is 12.1. The zero-order chi connectivity index (χ0) is 32.9. The molecule has 0 amide bonds. The molecular weight excluding hydrogens is 560 g/mol. The maximum atomic E-state index is 6.06. The standard InChI is InChI=1S/C44H34O2/c1-9-31-13-23-41(29-33(31)11-3)45-39-25-19-37(20-26-39)43(5,6)35-15-17-36(18-16-35)44(7,8)38-21-27-40(28-22-38)46-42-24-14-32(10-2)34(12-4)30-42/h1-4,13-30H,5-8H3. The number of ether oxygens (including phenoxy) is 2. The number of hydrogen-bond acceptors (Lipinski definition) is 2. The van der Waals surface area contributed by atoms with E-state index in [0.29, 0.717) is 33.8 Å². The van der Waals surface area contributed by atoms with E-state index in [-0.39, 0.29) is 10.8 Å². The second kappa shape index (κ2) is 12.9. The SMILES string of the molecule is C#Cc1ccc(Oc2ccc(C(C)(C)c3ccc(C(C)(C)c4ccc(Oc5ccc(C#C)c(C#C)c5)cc4)cc3)cc2)cc1C#C. The Morgan fingerprint density at radius 2 is 0.630 bits per heavy atom. The molecule has 2 heteroatoms. The number of rotatable bonds is 8. The lowest BCUT2D eigenvalue weighted by Crippen LogP contribution is -2.21. The molecule has 2 nitrogen and oxygen atoms in total. The highest BCUT2D eigenvalue weighted by Crippen LogP contribution is 2.37. The normalized spacial score (nSPS) is 11.0. The molecule has 5 aromatic rings. The summed E-state index contributed by atoms with van der Waals surface area (Å²) in [5.74, 6) is 13.2. The van der Waals surface area contributed by atoms with Crippen LogP contribution >= 0.6 is 0 Å². The van der Waals surface area contributed by atoms with Gasteiger partial charge in [0.25, 0.3) is 0 Å². The monoisotopic (exact) mass is 594 g/mol. The molecule has 5 aromatic carbocycles. The Labute approximate surface area is 273 Å². The molecule has 5 rings (SSSR count). The molecule has 0 N–H and O–H groups in total. The predicted octanol–water partition coefficient (Wildman–Crippen LogP) is 9.85. The molecular formula is C44H34O2. The molecule has 222 valence electrons. The lowest BCUT2D eigenvalue weighted by molar-refractivity contribution is 0.481. The third-order valence-electron chi connectivity index (χ3n) is 8.56. The van der Waals surface area contributed by atoms with Crippen LogP contribution in [0, 0.1) is 49.4 Å². The van der Waals surface area contributed by atoms with Gasteiger partial charge in [-0.15, -0.1) is 25.7 Å². The molecule has 0 saturated carbocycles. The molecule has 0 atom stereocenters. The summed E-state index contributed by atoms with van der Waals surface area (Å²) in [5, 5.41) is 0. The third-order valence-corrected chi connectivity index (χ3v) is 8.56. The van der Waals surface area contributed by atoms with Crippen molar-refractivity contribution in [3.05, 3.63) is 154 Å². The van der Waals surface area contributed by atoms with Gasteiger partial charge >= 0.3 is 0 Å². The Bertz CT molecular complexity index is 1890. The van der Waals surface area contributed by atoms with Crippen LogP contribution in [0.2, 0.25) is 0 Å². The van der Waals surface area contributed by atoms with Crippen molar-refractivity contribution in [2.75, 3.05) is 0 Å². The maximum Gasteiger partial charge on any atom is 0.128 e. The fourth-order valence-corrected chi connectivity index (χ4v) is 5.45. The van der Waals surface area contributed by atoms with Crippen molar-refractivity contribution in [1.29, 1.82) is 0 Å². The Hall–Kier alpha value is -6.06. The van der Waals surface area contributed by atoms with Crippen molar-refractivity contribution in [3.63, 3.8) is 0 Å². The smallest absolute Gasteiger partial charge is 0.128 e. The molecule has 0 saturated heterocycles. The van der Waals surface area contributed by atoms with Crippen molar-refractivity contribution in [1.82, 2.24) is 0 Å². The Balaban J connectivity index is 1.28. The molecule has 0 spiro atoms. The topological polar surface area (TPSA) is 18.5 Å². The lowest BCUT2D eigenvalue weighted by atomic mass is 9.74. The summed E-state index contributed by atoms with van der Waals surface area (Å²) in [5.41, 5.74) is 6.98. The van der Waals surface area contributed by atoms with Gasteiger partial charge in [-0.05, 0) is 82.9 Å². The van der Waals surface area contributed by atoms with E-state index in [1.165, 1.54) is 22.3 Å². The molecule has 0 bridgehead atoms. The van der Waals surface area contributed by atoms with Crippen LogP contribution in [-0.2, 0) is 10.8 Å². The van der Waals surface area contributed by atoms with Gasteiger partial charge in [0.05, 0.1) is 0 Å². The summed E-state index contributed by atoms with van der Waals surface area (Å²) in [6, 6.07) is 36.0. The summed E-state index contributed by atoms with van der Waals surface area (Å²) < 4.78 is 12.1. The minimum absolute atomic E-state index is 0.219. The van der Waals surface area contributed by atoms with Crippen LogP contribution in [0.15, 0.2) is 109 Å². The Morgan fingerprint density at radius 3 is 0.913 bits per heavy atom. The fraction of sp³-hybridized carbons (Fsp3) is 0.136. The first-order valence-corrected chi connectivity index (χ1v) is 14.9. The summed E-state index contributed by atoms with van der Waals surface area (Å²) >= 11 is 0. The summed E-state index contributed by atoms with van der Waals surface area (Å²) in [7, 11) is 0. The van der Waals surface area contributed by atoms with Gasteiger partial charge < -0.3 is 9.47 Å². The quantitative estimate of drug-likeness (QED) is 0.167. The molecule has 0 aliphatic carbocycles. The van der Waals surface area contributed by atoms with Gasteiger partial charge in [0, 0.05) is 33.1 Å². The van der Waals surface area contributed by atoms with Gasteiger partial charge in [0.15, 0.2) is 0 Å². The second-order valence-electron chi connectivity index (χ2n) is 12.1. The first kappa shape index (κ1) is 31.4. The Kier molecular flexibility index (Phi) is 8.79. The van der Waals surface area contributed by atoms with Crippen LogP contribution in [-0.4, -0.2) is 0 Å². The molecule has 0 aromatic heterocycles. The van der Waals surface area contributed by atoms with Crippen LogP contribution in [0.25, 0.3) is 0 Å². The number of benzene rings is 5. The minimum Gasteiger partial charge on any atom is -0.457 e. The lowest BCUT2D eigenvalue weighted by Gasteiger charge is -2.29. The van der Waals surface area contributed by atoms with Crippen molar-refractivity contribution >= 4 is 0 Å². The van der Waals surface area contributed by atoms with Crippen molar-refractivity contribution in [2.24, 2.45) is 0 Å². The maximum absolute atomic E-state index is 6.06. The number of terminal acetylenes is 4. The predicted molar refractivity (Wildman–Crippen MR) is 188 cm³/mol. The van der Waals surface area contributed by atoms with E-state index in [1.807, 2.05) is 36.4 Å². The van der Waals surface area contributed by atoms with Gasteiger partial charge in [0.1, 0.15) is 23.0 Å². The molecule has 46 heavy (non-hydrogen) atoms. The van der Waals surface area contributed by atoms with Crippen LogP contribution < -0.4 is 9.47 Å². The van der Waals surface area contributed by atoms with E-state index < -0.39 is 0 Å². The van der Waals surface area contributed by atoms with E-state index in [1.54, 1.807) is 24.3 Å². The van der Waals surface area contributed by atoms with E-state index in [0.717, 1.165) is 11.5 Å². The van der Waals surface area contributed by atoms with Gasteiger partial charge in [0.2, 0.25) is 0 Å². The first-order chi connectivity index (χ1) is 22.1. The van der Waals surface area contributed by atoms with Crippen LogP contribution in [0.1, 0.15) is 72.2 Å². The van der Waals surface area contributed by atoms with E-state index >= 15 is 0 Å². The zero-order valence-electron chi connectivity index (χ0n) is 26.5. The summed E-state index contributed by atoms with van der Waals surface area (Å²) in [4.78, 5) is 0.